The van der Waals surface area contributed by atoms with Crippen LogP contribution in [-0.4, -0.2) is 53.1 Å². The minimum Gasteiger partial charge on any atom is -0.333 e. The van der Waals surface area contributed by atoms with Crippen LogP contribution in [0.1, 0.15) is 23.5 Å². The van der Waals surface area contributed by atoms with E-state index in [1.54, 1.807) is 19.1 Å². The van der Waals surface area contributed by atoms with Crippen molar-refractivity contribution in [3.8, 4) is 0 Å². The van der Waals surface area contributed by atoms with Crippen LogP contribution < -0.4 is 0 Å². The Balaban J connectivity index is 2.13. The fourth-order valence-electron chi connectivity index (χ4n) is 2.16. The minimum absolute atomic E-state index is 0.187. The third-order valence-electron chi connectivity index (χ3n) is 3.39. The summed E-state index contributed by atoms with van der Waals surface area (Å²) < 4.78 is 0.527. The Kier molecular flexibility index (Phi) is 4.45. The predicted molar refractivity (Wildman–Crippen MR) is 77.1 cm³/mol. The molecule has 5 nitrogen and oxygen atoms in total. The smallest absolute Gasteiger partial charge is 0.312 e. The number of carbonyl (C=O) groups is 3. The van der Waals surface area contributed by atoms with Crippen molar-refractivity contribution in [3.63, 3.8) is 0 Å². The molecule has 0 aliphatic carbocycles. The zero-order chi connectivity index (χ0) is 14.9. The van der Waals surface area contributed by atoms with E-state index in [2.05, 4.69) is 0 Å². The van der Waals surface area contributed by atoms with Crippen LogP contribution in [-0.2, 0) is 9.59 Å². The lowest BCUT2D eigenvalue weighted by Gasteiger charge is -2.35. The van der Waals surface area contributed by atoms with E-state index in [4.69, 9.17) is 11.6 Å². The molecular formula is C13H15ClN2O3S. The SMILES string of the molecule is CCN1CCN(C(C)C(=O)c2ccc(Cl)s2)C(=O)C1=O. The fraction of sp³-hybridized carbons (Fsp3) is 0.462. The molecule has 1 fully saturated rings. The lowest BCUT2D eigenvalue weighted by Crippen LogP contribution is -2.58. The third-order valence-corrected chi connectivity index (χ3v) is 4.63. The highest BCUT2D eigenvalue weighted by atomic mass is 35.5. The normalized spacial score (nSPS) is 17.6. The highest BCUT2D eigenvalue weighted by Crippen LogP contribution is 2.24. The summed E-state index contributed by atoms with van der Waals surface area (Å²) >= 11 is 6.99. The second-order valence-electron chi connectivity index (χ2n) is 4.53. The highest BCUT2D eigenvalue weighted by molar-refractivity contribution is 7.18. The zero-order valence-electron chi connectivity index (χ0n) is 11.3. The topological polar surface area (TPSA) is 57.7 Å². The van der Waals surface area contributed by atoms with Crippen LogP contribution in [0.25, 0.3) is 0 Å². The average molecular weight is 315 g/mol. The number of hydrogen-bond donors (Lipinski definition) is 0. The van der Waals surface area contributed by atoms with Gasteiger partial charge in [0.2, 0.25) is 0 Å². The minimum atomic E-state index is -0.653. The largest absolute Gasteiger partial charge is 0.333 e. The van der Waals surface area contributed by atoms with Gasteiger partial charge < -0.3 is 9.80 Å². The van der Waals surface area contributed by atoms with Crippen LogP contribution in [0.3, 0.4) is 0 Å². The lowest BCUT2D eigenvalue weighted by molar-refractivity contribution is -0.156. The number of rotatable bonds is 4. The van der Waals surface area contributed by atoms with E-state index in [1.807, 2.05) is 6.92 Å². The maximum atomic E-state index is 12.3. The summed E-state index contributed by atoms with van der Waals surface area (Å²) in [6, 6.07) is 2.63. The molecule has 1 aliphatic rings. The molecule has 0 aromatic carbocycles. The second kappa shape index (κ2) is 5.93. The van der Waals surface area contributed by atoms with Crippen molar-refractivity contribution in [1.82, 2.24) is 9.80 Å². The van der Waals surface area contributed by atoms with Crippen LogP contribution >= 0.6 is 22.9 Å². The number of carbonyl (C=O) groups excluding carboxylic acids is 3. The van der Waals surface area contributed by atoms with Crippen LogP contribution in [0.2, 0.25) is 4.34 Å². The van der Waals surface area contributed by atoms with Gasteiger partial charge in [0.05, 0.1) is 15.3 Å². The third kappa shape index (κ3) is 2.71. The molecule has 20 heavy (non-hydrogen) atoms. The van der Waals surface area contributed by atoms with Gasteiger partial charge in [0.15, 0.2) is 5.78 Å². The molecular weight excluding hydrogens is 300 g/mol. The molecule has 0 bridgehead atoms. The molecule has 2 amide bonds. The van der Waals surface area contributed by atoms with Crippen LogP contribution in [0.15, 0.2) is 12.1 Å². The van der Waals surface area contributed by atoms with E-state index < -0.39 is 17.9 Å². The molecule has 1 saturated heterocycles. The number of amides is 2. The number of hydrogen-bond acceptors (Lipinski definition) is 4. The standard InChI is InChI=1S/C13H15ClN2O3S/c1-3-15-6-7-16(13(19)12(15)18)8(2)11(17)9-4-5-10(14)20-9/h4-5,8H,3,6-7H2,1-2H3. The molecule has 1 aromatic heterocycles. The Labute approximate surface area is 126 Å². The quantitative estimate of drug-likeness (QED) is 0.627. The van der Waals surface area contributed by atoms with E-state index in [0.29, 0.717) is 28.8 Å². The van der Waals surface area contributed by atoms with Crippen LogP contribution in [0, 0.1) is 0 Å². The van der Waals surface area contributed by atoms with Crippen molar-refractivity contribution >= 4 is 40.5 Å². The van der Waals surface area contributed by atoms with E-state index in [1.165, 1.54) is 21.1 Å². The van der Waals surface area contributed by atoms with E-state index in [-0.39, 0.29) is 5.78 Å². The number of likely N-dealkylation sites (N-methyl/N-ethyl adjacent to an activating group) is 1. The van der Waals surface area contributed by atoms with Gasteiger partial charge in [-0.15, -0.1) is 11.3 Å². The Morgan fingerprint density at radius 1 is 1.35 bits per heavy atom. The van der Waals surface area contributed by atoms with Crippen molar-refractivity contribution in [2.75, 3.05) is 19.6 Å². The summed E-state index contributed by atoms with van der Waals surface area (Å²) in [6.07, 6.45) is 0. The van der Waals surface area contributed by atoms with Crippen molar-refractivity contribution in [3.05, 3.63) is 21.3 Å². The first-order chi connectivity index (χ1) is 9.45. The number of Topliss-reactive ketones (excluding diaryl/α,β-unsaturated/α-hetero) is 1. The van der Waals surface area contributed by atoms with Crippen molar-refractivity contribution in [1.29, 1.82) is 0 Å². The van der Waals surface area contributed by atoms with Crippen molar-refractivity contribution in [2.24, 2.45) is 0 Å². The van der Waals surface area contributed by atoms with Gasteiger partial charge in [-0.1, -0.05) is 11.6 Å². The molecule has 1 aromatic rings. The van der Waals surface area contributed by atoms with Gasteiger partial charge in [-0.05, 0) is 26.0 Å². The first kappa shape index (κ1) is 15.0. The molecule has 2 rings (SSSR count). The molecule has 0 saturated carbocycles. The Bertz CT molecular complexity index is 558. The number of piperazine rings is 1. The first-order valence-electron chi connectivity index (χ1n) is 6.35. The molecule has 0 radical (unpaired) electrons. The molecule has 7 heteroatoms. The summed E-state index contributed by atoms with van der Waals surface area (Å²) in [4.78, 5) is 39.5. The Morgan fingerprint density at radius 3 is 2.60 bits per heavy atom. The zero-order valence-corrected chi connectivity index (χ0v) is 12.8. The van der Waals surface area contributed by atoms with Gasteiger partial charge in [-0.2, -0.15) is 0 Å². The van der Waals surface area contributed by atoms with Crippen molar-refractivity contribution < 1.29 is 14.4 Å². The number of ketones is 1. The Hall–Kier alpha value is -1.40. The molecule has 1 aliphatic heterocycles. The maximum Gasteiger partial charge on any atom is 0.312 e. The summed E-state index contributed by atoms with van der Waals surface area (Å²) in [5.74, 6) is -1.34. The first-order valence-corrected chi connectivity index (χ1v) is 7.54. The van der Waals surface area contributed by atoms with Gasteiger partial charge in [0.25, 0.3) is 0 Å². The molecule has 1 atom stereocenters. The number of thiophene rings is 1. The van der Waals surface area contributed by atoms with Crippen LogP contribution in [0.4, 0.5) is 0 Å². The van der Waals surface area contributed by atoms with Gasteiger partial charge in [-0.25, -0.2) is 0 Å². The summed E-state index contributed by atoms with van der Waals surface area (Å²) in [7, 11) is 0. The lowest BCUT2D eigenvalue weighted by atomic mass is 10.1. The van der Waals surface area contributed by atoms with E-state index in [0.717, 1.165) is 0 Å². The summed E-state index contributed by atoms with van der Waals surface area (Å²) in [6.45, 7) is 4.81. The Morgan fingerprint density at radius 2 is 2.05 bits per heavy atom. The van der Waals surface area contributed by atoms with E-state index in [9.17, 15) is 14.4 Å². The van der Waals surface area contributed by atoms with Gasteiger partial charge in [0.1, 0.15) is 0 Å². The van der Waals surface area contributed by atoms with Crippen LogP contribution in [0.5, 0.6) is 0 Å². The summed E-state index contributed by atoms with van der Waals surface area (Å²) in [5, 5.41) is 0. The average Bonchev–Trinajstić information content (AvgIpc) is 2.87. The highest BCUT2D eigenvalue weighted by Gasteiger charge is 2.36. The maximum absolute atomic E-state index is 12.3. The predicted octanol–water partition coefficient (Wildman–Crippen LogP) is 1.66. The molecule has 0 spiro atoms. The second-order valence-corrected chi connectivity index (χ2v) is 6.24. The van der Waals surface area contributed by atoms with Gasteiger partial charge in [0, 0.05) is 19.6 Å². The monoisotopic (exact) mass is 314 g/mol. The molecule has 0 N–H and O–H groups in total. The van der Waals surface area contributed by atoms with E-state index >= 15 is 0 Å². The fourth-order valence-corrected chi connectivity index (χ4v) is 3.22. The van der Waals surface area contributed by atoms with Gasteiger partial charge >= 0.3 is 11.8 Å². The number of nitrogens with zero attached hydrogens (tertiary/aromatic N) is 2. The number of halogens is 1. The molecule has 108 valence electrons. The summed E-state index contributed by atoms with van der Waals surface area (Å²) in [5.41, 5.74) is 0. The molecule has 2 heterocycles. The molecule has 1 unspecified atom stereocenters. The van der Waals surface area contributed by atoms with Gasteiger partial charge in [-0.3, -0.25) is 14.4 Å². The van der Waals surface area contributed by atoms with Crippen molar-refractivity contribution in [2.45, 2.75) is 19.9 Å².